The fourth-order valence-corrected chi connectivity index (χ4v) is 6.38. The van der Waals surface area contributed by atoms with Crippen LogP contribution >= 0.6 is 7.82 Å². The Labute approximate surface area is 272 Å². The van der Waals surface area contributed by atoms with E-state index >= 15 is 0 Å². The molecule has 1 heterocycles. The lowest BCUT2D eigenvalue weighted by Crippen LogP contribution is -2.33. The minimum Gasteiger partial charge on any atom is -0.381 e. The Hall–Kier alpha value is -0.780. The van der Waals surface area contributed by atoms with Gasteiger partial charge in [0.05, 0.1) is 19.8 Å². The Morgan fingerprint density at radius 3 is 1.70 bits per heavy atom. The minimum absolute atomic E-state index is 0.116. The third-order valence-corrected chi connectivity index (χ3v) is 9.47. The number of ether oxygens (including phenoxy) is 1. The van der Waals surface area contributed by atoms with E-state index in [9.17, 15) is 9.46 Å². The first-order valence-corrected chi connectivity index (χ1v) is 19.9. The molecule has 7 heteroatoms. The van der Waals surface area contributed by atoms with Crippen molar-refractivity contribution < 1.29 is 27.8 Å². The van der Waals surface area contributed by atoms with Gasteiger partial charge in [-0.1, -0.05) is 131 Å². The van der Waals surface area contributed by atoms with E-state index in [0.717, 1.165) is 58.1 Å². The average Bonchev–Trinajstić information content (AvgIpc) is 2.99. The van der Waals surface area contributed by atoms with Crippen molar-refractivity contribution in [3.8, 4) is 0 Å². The van der Waals surface area contributed by atoms with Crippen molar-refractivity contribution in [1.82, 2.24) is 0 Å². The van der Waals surface area contributed by atoms with Gasteiger partial charge in [0.15, 0.2) is 12.4 Å². The van der Waals surface area contributed by atoms with E-state index in [0.29, 0.717) is 6.61 Å². The van der Waals surface area contributed by atoms with Crippen LogP contribution in [0.3, 0.4) is 0 Å². The standard InChI is InChI=1S/C37H70NO5P/c1-6-8-9-10-11-12-13-14-15-16-17-18-20-23-31-41-33-35(25-7-2)34-43-44(39,40)42-32-24-21-19-22-28-38-29-26-36(27-30-38)37(3,4)5/h26-27,29-30,35H,6-25,28,31-34H2,1-5H3/p+1. The summed E-state index contributed by atoms with van der Waals surface area (Å²) >= 11 is 0. The summed E-state index contributed by atoms with van der Waals surface area (Å²) < 4.78 is 31.1. The number of phosphoric acid groups is 1. The highest BCUT2D eigenvalue weighted by atomic mass is 31.2. The Balaban J connectivity index is 2.01. The van der Waals surface area contributed by atoms with Crippen LogP contribution in [0.5, 0.6) is 0 Å². The molecule has 0 amide bonds. The number of hydrogen-bond acceptors (Lipinski definition) is 4. The number of aryl methyl sites for hydroxylation is 1. The van der Waals surface area contributed by atoms with Gasteiger partial charge in [0, 0.05) is 31.1 Å². The molecule has 0 aliphatic carbocycles. The number of aromatic nitrogens is 1. The highest BCUT2D eigenvalue weighted by Crippen LogP contribution is 2.44. The molecule has 0 bridgehead atoms. The van der Waals surface area contributed by atoms with Gasteiger partial charge in [-0.3, -0.25) is 9.05 Å². The zero-order valence-corrected chi connectivity index (χ0v) is 30.4. The van der Waals surface area contributed by atoms with Crippen molar-refractivity contribution in [2.75, 3.05) is 26.4 Å². The van der Waals surface area contributed by atoms with E-state index in [4.69, 9.17) is 13.8 Å². The summed E-state index contributed by atoms with van der Waals surface area (Å²) in [6.45, 7) is 13.8. The summed E-state index contributed by atoms with van der Waals surface area (Å²) in [5.74, 6) is 0.116. The van der Waals surface area contributed by atoms with E-state index in [1.54, 1.807) is 0 Å². The first kappa shape index (κ1) is 41.2. The first-order chi connectivity index (χ1) is 21.2. The Bertz CT molecular complexity index is 826. The van der Waals surface area contributed by atoms with Gasteiger partial charge in [0.1, 0.15) is 6.54 Å². The SMILES string of the molecule is CCCCCCCCCCCCCCCCOCC(CCC)COP(=O)(O)OCCCCCC[n+]1ccc(C(C)(C)C)cc1. The summed E-state index contributed by atoms with van der Waals surface area (Å²) in [5, 5.41) is 0. The Kier molecular flexibility index (Phi) is 24.7. The van der Waals surface area contributed by atoms with Crippen LogP contribution in [0, 0.1) is 5.92 Å². The lowest BCUT2D eigenvalue weighted by atomic mass is 9.88. The third kappa shape index (κ3) is 23.5. The molecule has 0 spiro atoms. The van der Waals surface area contributed by atoms with Crippen LogP contribution in [0.2, 0.25) is 0 Å². The van der Waals surface area contributed by atoms with Crippen LogP contribution in [0.1, 0.15) is 169 Å². The molecule has 1 N–H and O–H groups in total. The van der Waals surface area contributed by atoms with Gasteiger partial charge in [0.25, 0.3) is 0 Å². The minimum atomic E-state index is -4.03. The second-order valence-corrected chi connectivity index (χ2v) is 15.4. The molecule has 1 rings (SSSR count). The van der Waals surface area contributed by atoms with Gasteiger partial charge in [-0.25, -0.2) is 9.13 Å². The van der Waals surface area contributed by atoms with Gasteiger partial charge in [-0.05, 0) is 36.7 Å². The molecule has 6 nitrogen and oxygen atoms in total. The third-order valence-electron chi connectivity index (χ3n) is 8.49. The fourth-order valence-electron chi connectivity index (χ4n) is 5.54. The van der Waals surface area contributed by atoms with Gasteiger partial charge in [-0.15, -0.1) is 0 Å². The number of unbranched alkanes of at least 4 members (excludes halogenated alkanes) is 16. The number of phosphoric ester groups is 1. The molecule has 1 aromatic rings. The zero-order valence-electron chi connectivity index (χ0n) is 29.5. The maximum atomic E-state index is 12.4. The second kappa shape index (κ2) is 26.3. The largest absolute Gasteiger partial charge is 0.472 e. The van der Waals surface area contributed by atoms with E-state index in [2.05, 4.69) is 63.7 Å². The maximum absolute atomic E-state index is 12.4. The Morgan fingerprint density at radius 1 is 0.682 bits per heavy atom. The molecule has 0 fully saturated rings. The van der Waals surface area contributed by atoms with Crippen LogP contribution in [0.25, 0.3) is 0 Å². The quantitative estimate of drug-likeness (QED) is 0.0515. The van der Waals surface area contributed by atoms with Crippen molar-refractivity contribution in [2.24, 2.45) is 5.92 Å². The molecule has 0 aromatic carbocycles. The van der Waals surface area contributed by atoms with Gasteiger partial charge in [0.2, 0.25) is 0 Å². The topological polar surface area (TPSA) is 68.9 Å². The zero-order chi connectivity index (χ0) is 32.4. The van der Waals surface area contributed by atoms with E-state index in [1.165, 1.54) is 89.0 Å². The summed E-state index contributed by atoms with van der Waals surface area (Å²) in [4.78, 5) is 10.1. The maximum Gasteiger partial charge on any atom is 0.472 e. The lowest BCUT2D eigenvalue weighted by molar-refractivity contribution is -0.697. The van der Waals surface area contributed by atoms with Crippen LogP contribution in [-0.2, 0) is 30.3 Å². The predicted octanol–water partition coefficient (Wildman–Crippen LogP) is 10.9. The van der Waals surface area contributed by atoms with Crippen molar-refractivity contribution in [3.05, 3.63) is 30.1 Å². The van der Waals surface area contributed by atoms with Gasteiger partial charge < -0.3 is 9.63 Å². The van der Waals surface area contributed by atoms with E-state index < -0.39 is 7.82 Å². The number of hydrogen-bond donors (Lipinski definition) is 1. The molecule has 258 valence electrons. The first-order valence-electron chi connectivity index (χ1n) is 18.4. The molecule has 1 aromatic heterocycles. The van der Waals surface area contributed by atoms with Gasteiger partial charge in [-0.2, -0.15) is 0 Å². The Morgan fingerprint density at radius 2 is 1.18 bits per heavy atom. The number of rotatable bonds is 30. The molecule has 2 unspecified atom stereocenters. The van der Waals surface area contributed by atoms with E-state index in [-0.39, 0.29) is 24.5 Å². The van der Waals surface area contributed by atoms with Crippen LogP contribution < -0.4 is 4.57 Å². The van der Waals surface area contributed by atoms with Crippen molar-refractivity contribution in [3.63, 3.8) is 0 Å². The molecule has 2 atom stereocenters. The molecule has 0 saturated carbocycles. The molecule has 0 radical (unpaired) electrons. The second-order valence-electron chi connectivity index (χ2n) is 13.9. The van der Waals surface area contributed by atoms with Crippen molar-refractivity contribution >= 4 is 7.82 Å². The molecule has 0 saturated heterocycles. The van der Waals surface area contributed by atoms with Crippen molar-refractivity contribution in [2.45, 2.75) is 175 Å². The van der Waals surface area contributed by atoms with Gasteiger partial charge >= 0.3 is 7.82 Å². The highest BCUT2D eigenvalue weighted by molar-refractivity contribution is 7.47. The number of pyridine rings is 1. The van der Waals surface area contributed by atoms with Crippen LogP contribution in [0.15, 0.2) is 24.5 Å². The fraction of sp³-hybridized carbons (Fsp3) is 0.865. The summed E-state index contributed by atoms with van der Waals surface area (Å²) in [7, 11) is -4.03. The average molecular weight is 641 g/mol. The molecule has 44 heavy (non-hydrogen) atoms. The molecule has 0 aliphatic heterocycles. The summed E-state index contributed by atoms with van der Waals surface area (Å²) in [5.41, 5.74) is 1.51. The number of nitrogens with zero attached hydrogens (tertiary/aromatic N) is 1. The predicted molar refractivity (Wildman–Crippen MR) is 185 cm³/mol. The van der Waals surface area contributed by atoms with E-state index in [1.807, 2.05) is 0 Å². The smallest absolute Gasteiger partial charge is 0.381 e. The monoisotopic (exact) mass is 641 g/mol. The lowest BCUT2D eigenvalue weighted by Gasteiger charge is -2.19. The summed E-state index contributed by atoms with van der Waals surface area (Å²) in [6.07, 6.45) is 29.0. The highest BCUT2D eigenvalue weighted by Gasteiger charge is 2.23. The van der Waals surface area contributed by atoms with Crippen LogP contribution in [-0.4, -0.2) is 31.3 Å². The molecular formula is C37H71NO5P+. The summed E-state index contributed by atoms with van der Waals surface area (Å²) in [6, 6.07) is 4.40. The molecular weight excluding hydrogens is 569 g/mol. The van der Waals surface area contributed by atoms with Crippen LogP contribution in [0.4, 0.5) is 0 Å². The molecule has 0 aliphatic rings. The van der Waals surface area contributed by atoms with Crippen molar-refractivity contribution in [1.29, 1.82) is 0 Å². The normalized spacial score (nSPS) is 14.1.